The van der Waals surface area contributed by atoms with Gasteiger partial charge in [0.25, 0.3) is 0 Å². The average molecular weight is 354 g/mol. The van der Waals surface area contributed by atoms with E-state index in [0.717, 1.165) is 44.9 Å². The first-order valence-corrected chi connectivity index (χ1v) is 9.35. The van der Waals surface area contributed by atoms with E-state index >= 15 is 0 Å². The Bertz CT molecular complexity index is 1370. The Hall–Kier alpha value is -3.40. The second-order valence-corrected chi connectivity index (χ2v) is 7.09. The maximum atomic E-state index is 3.60. The molecule has 0 saturated heterocycles. The number of fused-ring (bicyclic) bond motifs is 8. The van der Waals surface area contributed by atoms with Crippen LogP contribution < -0.4 is 21.4 Å². The summed E-state index contributed by atoms with van der Waals surface area (Å²) in [5.41, 5.74) is 7.14. The Labute approximate surface area is 156 Å². The van der Waals surface area contributed by atoms with Crippen molar-refractivity contribution in [2.45, 2.75) is 20.3 Å². The Morgan fingerprint density at radius 2 is 1.11 bits per heavy atom. The number of aromatic amines is 4. The van der Waals surface area contributed by atoms with Gasteiger partial charge in [-0.3, -0.25) is 0 Å². The molecule has 0 radical (unpaired) electrons. The molecule has 134 valence electrons. The van der Waals surface area contributed by atoms with E-state index in [0.29, 0.717) is 0 Å². The number of rotatable bonds is 1. The van der Waals surface area contributed by atoms with Crippen LogP contribution in [0.1, 0.15) is 40.8 Å². The van der Waals surface area contributed by atoms with Crippen molar-refractivity contribution in [2.24, 2.45) is 0 Å². The summed E-state index contributed by atoms with van der Waals surface area (Å²) in [6.45, 7) is 4.40. The molecule has 0 aliphatic carbocycles. The summed E-state index contributed by atoms with van der Waals surface area (Å²) in [7, 11) is 0. The predicted molar refractivity (Wildman–Crippen MR) is 110 cm³/mol. The molecule has 4 N–H and O–H groups in total. The molecule has 27 heavy (non-hydrogen) atoms. The van der Waals surface area contributed by atoms with Gasteiger partial charge in [0, 0.05) is 44.2 Å². The molecular formula is C23H22N4. The van der Waals surface area contributed by atoms with E-state index in [2.05, 4.69) is 94.5 Å². The predicted octanol–water partition coefficient (Wildman–Crippen LogP) is 1.50. The van der Waals surface area contributed by atoms with Crippen LogP contribution in [0, 0.1) is 6.92 Å². The van der Waals surface area contributed by atoms with Crippen LogP contribution in [0.3, 0.4) is 0 Å². The first-order chi connectivity index (χ1) is 13.2. The van der Waals surface area contributed by atoms with Gasteiger partial charge >= 0.3 is 0 Å². The topological polar surface area (TPSA) is 63.2 Å². The third-order valence-electron chi connectivity index (χ3n) is 5.22. The SMILES string of the molecule is CCc1c2[nH]c(c1C)C=c1ccc([nH]1)=Cc1ccc([nH]1)C=c1ccc([nH]1)=C2. The van der Waals surface area contributed by atoms with E-state index in [1.165, 1.54) is 16.8 Å². The zero-order chi connectivity index (χ0) is 18.4. The summed E-state index contributed by atoms with van der Waals surface area (Å²) in [5, 5.41) is 4.34. The van der Waals surface area contributed by atoms with E-state index in [1.807, 2.05) is 0 Å². The van der Waals surface area contributed by atoms with Crippen molar-refractivity contribution >= 4 is 24.3 Å². The minimum Gasteiger partial charge on any atom is -0.355 e. The fourth-order valence-electron chi connectivity index (χ4n) is 3.84. The van der Waals surface area contributed by atoms with E-state index in [9.17, 15) is 0 Å². The highest BCUT2D eigenvalue weighted by Gasteiger charge is 2.09. The number of hydrogen-bond acceptors (Lipinski definition) is 0. The zero-order valence-electron chi connectivity index (χ0n) is 15.5. The lowest BCUT2D eigenvalue weighted by molar-refractivity contribution is 1.11. The number of H-pyrrole nitrogens is 4. The molecule has 0 aromatic carbocycles. The van der Waals surface area contributed by atoms with Gasteiger partial charge in [-0.2, -0.15) is 0 Å². The summed E-state index contributed by atoms with van der Waals surface area (Å²) >= 11 is 0. The Balaban J connectivity index is 1.83. The van der Waals surface area contributed by atoms with Crippen LogP contribution in [0.4, 0.5) is 0 Å². The standard InChI is InChI=1S/C23H22N4/c1-3-21-14(2)22-12-19-8-6-17(25-19)10-15-4-5-16(24-15)11-18-7-9-20(26-18)13-23(21)27-22/h4-13,24-27H,3H2,1-2H3. The minimum absolute atomic E-state index is 0.996. The second-order valence-electron chi connectivity index (χ2n) is 7.09. The maximum absolute atomic E-state index is 3.60. The molecule has 4 aromatic rings. The average Bonchev–Trinajstić information content (AvgIpc) is 3.41. The van der Waals surface area contributed by atoms with Gasteiger partial charge in [-0.1, -0.05) is 6.92 Å². The van der Waals surface area contributed by atoms with Crippen LogP contribution in [-0.2, 0) is 6.42 Å². The van der Waals surface area contributed by atoms with Crippen molar-refractivity contribution in [3.8, 4) is 0 Å². The van der Waals surface area contributed by atoms with Gasteiger partial charge < -0.3 is 19.9 Å². The summed E-state index contributed by atoms with van der Waals surface area (Å²) in [6, 6.07) is 12.6. The molecule has 0 saturated carbocycles. The summed E-state index contributed by atoms with van der Waals surface area (Å²) in [6.07, 6.45) is 9.62. The zero-order valence-corrected chi connectivity index (χ0v) is 15.5. The molecule has 4 nitrogen and oxygen atoms in total. The Kier molecular flexibility index (Phi) is 3.57. The molecule has 4 aromatic heterocycles. The largest absolute Gasteiger partial charge is 0.355 e. The van der Waals surface area contributed by atoms with Gasteiger partial charge in [0.1, 0.15) is 0 Å². The van der Waals surface area contributed by atoms with Crippen LogP contribution in [0.25, 0.3) is 24.3 Å². The molecule has 0 unspecified atom stereocenters. The molecular weight excluding hydrogens is 332 g/mol. The van der Waals surface area contributed by atoms with Crippen molar-refractivity contribution < 1.29 is 0 Å². The van der Waals surface area contributed by atoms with Crippen molar-refractivity contribution in [1.82, 2.24) is 19.9 Å². The first kappa shape index (κ1) is 15.8. The van der Waals surface area contributed by atoms with Gasteiger partial charge in [-0.25, -0.2) is 0 Å². The number of aromatic nitrogens is 4. The number of hydrogen-bond donors (Lipinski definition) is 4. The van der Waals surface area contributed by atoms with Crippen molar-refractivity contribution in [1.29, 1.82) is 0 Å². The van der Waals surface area contributed by atoms with E-state index in [1.54, 1.807) is 0 Å². The van der Waals surface area contributed by atoms with Crippen LogP contribution in [0.15, 0.2) is 36.4 Å². The third kappa shape index (κ3) is 2.89. The summed E-state index contributed by atoms with van der Waals surface area (Å²) in [5.74, 6) is 0. The lowest BCUT2D eigenvalue weighted by atomic mass is 10.1. The van der Waals surface area contributed by atoms with Crippen LogP contribution in [0.5, 0.6) is 0 Å². The van der Waals surface area contributed by atoms with Crippen LogP contribution >= 0.6 is 0 Å². The molecule has 8 bridgehead atoms. The summed E-state index contributed by atoms with van der Waals surface area (Å²) in [4.78, 5) is 14.0. The van der Waals surface area contributed by atoms with Crippen LogP contribution in [0.2, 0.25) is 0 Å². The molecule has 4 heteroatoms. The lowest BCUT2D eigenvalue weighted by Crippen LogP contribution is -2.10. The Morgan fingerprint density at radius 3 is 1.67 bits per heavy atom. The minimum atomic E-state index is 0.996. The first-order valence-electron chi connectivity index (χ1n) is 9.35. The summed E-state index contributed by atoms with van der Waals surface area (Å²) < 4.78 is 0. The van der Waals surface area contributed by atoms with Crippen molar-refractivity contribution in [2.75, 3.05) is 0 Å². The maximum Gasteiger partial charge on any atom is 0.0441 e. The third-order valence-corrected chi connectivity index (χ3v) is 5.22. The Morgan fingerprint density at radius 1 is 0.593 bits per heavy atom. The molecule has 5 heterocycles. The molecule has 0 spiro atoms. The smallest absolute Gasteiger partial charge is 0.0441 e. The second kappa shape index (κ2) is 6.09. The molecule has 1 aliphatic heterocycles. The van der Waals surface area contributed by atoms with Crippen LogP contribution in [-0.4, -0.2) is 19.9 Å². The quantitative estimate of drug-likeness (QED) is 0.353. The fourth-order valence-corrected chi connectivity index (χ4v) is 3.84. The van der Waals surface area contributed by atoms with Gasteiger partial charge in [0.05, 0.1) is 0 Å². The normalized spacial score (nSPS) is 12.7. The van der Waals surface area contributed by atoms with Gasteiger partial charge in [-0.15, -0.1) is 0 Å². The van der Waals surface area contributed by atoms with Crippen molar-refractivity contribution in [3.63, 3.8) is 0 Å². The van der Waals surface area contributed by atoms with E-state index < -0.39 is 0 Å². The van der Waals surface area contributed by atoms with Gasteiger partial charge in [0.2, 0.25) is 0 Å². The fraction of sp³-hybridized carbons (Fsp3) is 0.130. The molecule has 0 fully saturated rings. The molecule has 0 amide bonds. The molecule has 5 rings (SSSR count). The lowest BCUT2D eigenvalue weighted by Gasteiger charge is -1.96. The van der Waals surface area contributed by atoms with Gasteiger partial charge in [0.15, 0.2) is 0 Å². The monoisotopic (exact) mass is 354 g/mol. The molecule has 1 aliphatic rings. The van der Waals surface area contributed by atoms with Gasteiger partial charge in [-0.05, 0) is 85.2 Å². The molecule has 0 atom stereocenters. The van der Waals surface area contributed by atoms with E-state index in [-0.39, 0.29) is 0 Å². The number of nitrogens with one attached hydrogen (secondary N) is 4. The van der Waals surface area contributed by atoms with Crippen molar-refractivity contribution in [3.05, 3.63) is 91.7 Å². The highest BCUT2D eigenvalue weighted by Crippen LogP contribution is 2.20. The highest BCUT2D eigenvalue weighted by atomic mass is 14.8. The highest BCUT2D eigenvalue weighted by molar-refractivity contribution is 5.61. The van der Waals surface area contributed by atoms with E-state index in [4.69, 9.17) is 0 Å².